The molecule has 2 rings (SSSR count). The smallest absolute Gasteiger partial charge is 0.121 e. The topological polar surface area (TPSA) is 80.9 Å². The van der Waals surface area contributed by atoms with Crippen molar-refractivity contribution in [3.63, 3.8) is 0 Å². The van der Waals surface area contributed by atoms with Crippen molar-refractivity contribution in [2.24, 2.45) is 0 Å². The summed E-state index contributed by atoms with van der Waals surface area (Å²) < 4.78 is 0. The monoisotopic (exact) mass is 248 g/mol. The minimum absolute atomic E-state index is 0.104. The summed E-state index contributed by atoms with van der Waals surface area (Å²) in [6.45, 7) is -0.209. The van der Waals surface area contributed by atoms with E-state index in [1.807, 2.05) is 0 Å². The maximum atomic E-state index is 8.95. The first-order chi connectivity index (χ1) is 8.69. The molecule has 0 aliphatic rings. The lowest BCUT2D eigenvalue weighted by Gasteiger charge is -1.96. The Morgan fingerprint density at radius 3 is 1.17 bits per heavy atom. The molecule has 0 heterocycles. The van der Waals surface area contributed by atoms with Gasteiger partial charge in [-0.3, -0.25) is 0 Å². The third-order valence-corrected chi connectivity index (χ3v) is 2.32. The number of rotatable bonds is 2. The van der Waals surface area contributed by atoms with Gasteiger partial charge in [-0.05, 0) is 12.1 Å². The molecule has 18 heavy (non-hydrogen) atoms. The highest BCUT2D eigenvalue weighted by molar-refractivity contribution is 5.31. The molecule has 0 bridgehead atoms. The Kier molecular flexibility index (Phi) is 5.70. The molecule has 4 nitrogen and oxygen atoms in total. The van der Waals surface area contributed by atoms with Crippen LogP contribution in [0.15, 0.2) is 48.5 Å². The standard InChI is InChI=1S/2C7H8O2/c2*8-5-6-3-1-2-4-7(6)9/h2*1-4,8-9H,5H2. The van der Waals surface area contributed by atoms with E-state index < -0.39 is 0 Å². The highest BCUT2D eigenvalue weighted by Gasteiger charge is 1.94. The second kappa shape index (κ2) is 7.32. The van der Waals surface area contributed by atoms with Gasteiger partial charge in [0.2, 0.25) is 0 Å². The molecule has 0 aliphatic carbocycles. The summed E-state index contributed by atoms with van der Waals surface area (Å²) >= 11 is 0. The van der Waals surface area contributed by atoms with Crippen molar-refractivity contribution >= 4 is 0 Å². The van der Waals surface area contributed by atoms with E-state index in [-0.39, 0.29) is 24.7 Å². The lowest BCUT2D eigenvalue weighted by molar-refractivity contribution is 0.275. The fourth-order valence-corrected chi connectivity index (χ4v) is 1.29. The van der Waals surface area contributed by atoms with Gasteiger partial charge >= 0.3 is 0 Å². The van der Waals surface area contributed by atoms with Crippen LogP contribution in [0.5, 0.6) is 11.5 Å². The summed E-state index contributed by atoms with van der Waals surface area (Å²) in [6, 6.07) is 13.4. The summed E-state index contributed by atoms with van der Waals surface area (Å²) in [6.07, 6.45) is 0. The van der Waals surface area contributed by atoms with Crippen LogP contribution in [-0.2, 0) is 13.2 Å². The van der Waals surface area contributed by atoms with Crippen molar-refractivity contribution < 1.29 is 20.4 Å². The number of hydrogen-bond donors (Lipinski definition) is 4. The van der Waals surface area contributed by atoms with E-state index in [2.05, 4.69) is 0 Å². The van der Waals surface area contributed by atoms with E-state index >= 15 is 0 Å². The third kappa shape index (κ3) is 4.08. The molecule has 0 fully saturated rings. The molecule has 2 aromatic carbocycles. The highest BCUT2D eigenvalue weighted by Crippen LogP contribution is 2.14. The van der Waals surface area contributed by atoms with E-state index in [0.29, 0.717) is 11.1 Å². The van der Waals surface area contributed by atoms with Crippen LogP contribution < -0.4 is 0 Å². The number of aromatic hydroxyl groups is 2. The van der Waals surface area contributed by atoms with E-state index in [4.69, 9.17) is 20.4 Å². The van der Waals surface area contributed by atoms with Crippen LogP contribution in [0.25, 0.3) is 0 Å². The van der Waals surface area contributed by atoms with Gasteiger partial charge in [0.1, 0.15) is 11.5 Å². The highest BCUT2D eigenvalue weighted by atomic mass is 16.3. The Morgan fingerprint density at radius 1 is 0.611 bits per heavy atom. The summed E-state index contributed by atoms with van der Waals surface area (Å²) in [5.74, 6) is 0.306. The zero-order valence-corrected chi connectivity index (χ0v) is 9.82. The lowest BCUT2D eigenvalue weighted by atomic mass is 10.2. The minimum atomic E-state index is -0.104. The molecular formula is C14H16O4. The first kappa shape index (κ1) is 14.0. The van der Waals surface area contributed by atoms with Gasteiger partial charge < -0.3 is 20.4 Å². The van der Waals surface area contributed by atoms with Crippen molar-refractivity contribution in [1.29, 1.82) is 0 Å². The Hall–Kier alpha value is -2.04. The molecular weight excluding hydrogens is 232 g/mol. The molecule has 4 heteroatoms. The van der Waals surface area contributed by atoms with E-state index in [1.165, 1.54) is 0 Å². The number of aliphatic hydroxyl groups is 2. The maximum absolute atomic E-state index is 8.95. The fourth-order valence-electron chi connectivity index (χ4n) is 1.29. The van der Waals surface area contributed by atoms with Gasteiger partial charge in [-0.25, -0.2) is 0 Å². The Labute approximate surface area is 105 Å². The number of para-hydroxylation sites is 2. The van der Waals surface area contributed by atoms with Gasteiger partial charge in [-0.15, -0.1) is 0 Å². The van der Waals surface area contributed by atoms with Crippen molar-refractivity contribution in [3.05, 3.63) is 59.7 Å². The molecule has 0 amide bonds. The average molecular weight is 248 g/mol. The van der Waals surface area contributed by atoms with Crippen LogP contribution >= 0.6 is 0 Å². The molecule has 0 radical (unpaired) electrons. The number of hydrogen-bond acceptors (Lipinski definition) is 4. The molecule has 0 unspecified atom stereocenters. The van der Waals surface area contributed by atoms with Gasteiger partial charge in [-0.2, -0.15) is 0 Å². The first-order valence-corrected chi connectivity index (χ1v) is 5.44. The zero-order chi connectivity index (χ0) is 13.4. The molecule has 0 spiro atoms. The summed E-state index contributed by atoms with van der Waals surface area (Å²) in [5.41, 5.74) is 1.13. The number of aliphatic hydroxyl groups excluding tert-OH is 2. The molecule has 2 aromatic rings. The Morgan fingerprint density at radius 2 is 0.944 bits per heavy atom. The lowest BCUT2D eigenvalue weighted by Crippen LogP contribution is -1.80. The largest absolute Gasteiger partial charge is 0.508 e. The van der Waals surface area contributed by atoms with Gasteiger partial charge in [0.25, 0.3) is 0 Å². The molecule has 96 valence electrons. The second-order valence-electron chi connectivity index (χ2n) is 3.57. The van der Waals surface area contributed by atoms with Crippen LogP contribution in [0.3, 0.4) is 0 Å². The molecule has 0 aromatic heterocycles. The van der Waals surface area contributed by atoms with Gasteiger partial charge in [-0.1, -0.05) is 36.4 Å². The van der Waals surface area contributed by atoms with Crippen LogP contribution in [0.2, 0.25) is 0 Å². The second-order valence-corrected chi connectivity index (χ2v) is 3.57. The first-order valence-electron chi connectivity index (χ1n) is 5.44. The van der Waals surface area contributed by atoms with Gasteiger partial charge in [0, 0.05) is 11.1 Å². The van der Waals surface area contributed by atoms with Crippen molar-refractivity contribution in [3.8, 4) is 11.5 Å². The van der Waals surface area contributed by atoms with Crippen LogP contribution in [0.4, 0.5) is 0 Å². The Bertz CT molecular complexity index is 437. The average Bonchev–Trinajstić information content (AvgIpc) is 2.41. The number of phenols is 2. The Balaban J connectivity index is 0.000000180. The molecule has 4 N–H and O–H groups in total. The maximum Gasteiger partial charge on any atom is 0.121 e. The van der Waals surface area contributed by atoms with Crippen LogP contribution in [0, 0.1) is 0 Å². The summed E-state index contributed by atoms with van der Waals surface area (Å²) in [7, 11) is 0. The fraction of sp³-hybridized carbons (Fsp3) is 0.143. The molecule has 0 saturated carbocycles. The summed E-state index contributed by atoms with van der Waals surface area (Å²) in [4.78, 5) is 0. The molecule has 0 saturated heterocycles. The predicted molar refractivity (Wildman–Crippen MR) is 68.1 cm³/mol. The molecule has 0 aliphatic heterocycles. The third-order valence-electron chi connectivity index (χ3n) is 2.32. The van der Waals surface area contributed by atoms with Gasteiger partial charge in [0.05, 0.1) is 13.2 Å². The minimum Gasteiger partial charge on any atom is -0.508 e. The normalized spacial score (nSPS) is 9.44. The quantitative estimate of drug-likeness (QED) is 0.653. The van der Waals surface area contributed by atoms with Crippen LogP contribution in [-0.4, -0.2) is 20.4 Å². The van der Waals surface area contributed by atoms with E-state index in [0.717, 1.165) is 0 Å². The summed E-state index contributed by atoms with van der Waals surface area (Å²) in [5, 5.41) is 35.0. The van der Waals surface area contributed by atoms with Crippen LogP contribution in [0.1, 0.15) is 11.1 Å². The van der Waals surface area contributed by atoms with Crippen molar-refractivity contribution in [2.75, 3.05) is 0 Å². The van der Waals surface area contributed by atoms with Gasteiger partial charge in [0.15, 0.2) is 0 Å². The van der Waals surface area contributed by atoms with Crippen molar-refractivity contribution in [1.82, 2.24) is 0 Å². The SMILES string of the molecule is OCc1ccccc1O.OCc1ccccc1O. The van der Waals surface area contributed by atoms with Crippen molar-refractivity contribution in [2.45, 2.75) is 13.2 Å². The molecule has 0 atom stereocenters. The predicted octanol–water partition coefficient (Wildman–Crippen LogP) is 1.77. The zero-order valence-electron chi connectivity index (χ0n) is 9.82. The number of benzene rings is 2. The van der Waals surface area contributed by atoms with E-state index in [9.17, 15) is 0 Å². The van der Waals surface area contributed by atoms with E-state index in [1.54, 1.807) is 48.5 Å².